The highest BCUT2D eigenvalue weighted by Gasteiger charge is 2.42. The molecule has 37 heavy (non-hydrogen) atoms. The summed E-state index contributed by atoms with van der Waals surface area (Å²) in [7, 11) is 1.63. The highest BCUT2D eigenvalue weighted by atomic mass is 16.5. The maximum Gasteiger partial charge on any atom is 0.337 e. The number of hydrogen-bond donors (Lipinski definition) is 2. The number of hydrogen-bond acceptors (Lipinski definition) is 7. The van der Waals surface area contributed by atoms with E-state index in [1.54, 1.807) is 25.3 Å². The van der Waals surface area contributed by atoms with Crippen LogP contribution in [-0.2, 0) is 14.3 Å². The number of ketones is 1. The summed E-state index contributed by atoms with van der Waals surface area (Å²) in [5.41, 5.74) is 4.20. The third-order valence-electron chi connectivity index (χ3n) is 7.13. The van der Waals surface area contributed by atoms with Crippen molar-refractivity contribution in [2.45, 2.75) is 64.9 Å². The van der Waals surface area contributed by atoms with Gasteiger partial charge in [-0.2, -0.15) is 0 Å². The van der Waals surface area contributed by atoms with Crippen LogP contribution in [0, 0.1) is 0 Å². The fourth-order valence-corrected chi connectivity index (χ4v) is 5.07. The van der Waals surface area contributed by atoms with Crippen LogP contribution in [0.1, 0.15) is 69.9 Å². The van der Waals surface area contributed by atoms with Crippen LogP contribution in [0.25, 0.3) is 0 Å². The van der Waals surface area contributed by atoms with Crippen molar-refractivity contribution in [2.75, 3.05) is 13.7 Å². The van der Waals surface area contributed by atoms with Crippen molar-refractivity contribution in [2.24, 2.45) is 0 Å². The molecule has 2 aromatic rings. The first-order valence-electron chi connectivity index (χ1n) is 12.8. The molecule has 2 aliphatic rings. The molecule has 7 heteroatoms. The third kappa shape index (κ3) is 5.36. The Bertz CT molecular complexity index is 1240. The van der Waals surface area contributed by atoms with Gasteiger partial charge in [0.2, 0.25) is 0 Å². The predicted octanol–water partition coefficient (Wildman–Crippen LogP) is 5.50. The fraction of sp³-hybridized carbons (Fsp3) is 0.400. The van der Waals surface area contributed by atoms with Crippen LogP contribution >= 0.6 is 0 Å². The second kappa shape index (κ2) is 11.1. The molecule has 0 bridgehead atoms. The van der Waals surface area contributed by atoms with Crippen LogP contribution in [-0.4, -0.2) is 36.7 Å². The van der Waals surface area contributed by atoms with E-state index in [0.29, 0.717) is 54.0 Å². The van der Waals surface area contributed by atoms with E-state index < -0.39 is 11.9 Å². The van der Waals surface area contributed by atoms with E-state index in [9.17, 15) is 14.7 Å². The normalized spacial score (nSPS) is 20.2. The first kappa shape index (κ1) is 26.3. The largest absolute Gasteiger partial charge is 0.504 e. The van der Waals surface area contributed by atoms with Gasteiger partial charge in [-0.15, -0.1) is 0 Å². The minimum atomic E-state index is -0.628. The minimum Gasteiger partial charge on any atom is -0.504 e. The maximum atomic E-state index is 13.8. The molecule has 0 unspecified atom stereocenters. The van der Waals surface area contributed by atoms with E-state index >= 15 is 0 Å². The number of dihydropyridines is 1. The van der Waals surface area contributed by atoms with Gasteiger partial charge in [-0.25, -0.2) is 4.79 Å². The van der Waals surface area contributed by atoms with Gasteiger partial charge in [0.1, 0.15) is 5.75 Å². The van der Waals surface area contributed by atoms with Gasteiger partial charge >= 0.3 is 5.97 Å². The Morgan fingerprint density at radius 1 is 1.11 bits per heavy atom. The number of ether oxygens (including phenoxy) is 3. The molecule has 0 fully saturated rings. The molecule has 0 aromatic heterocycles. The molecular formula is C30H35NO6. The number of methoxy groups -OCH3 is 1. The van der Waals surface area contributed by atoms with Crippen molar-refractivity contribution in [1.29, 1.82) is 0 Å². The number of rotatable bonds is 8. The Labute approximate surface area is 218 Å². The minimum absolute atomic E-state index is 0.00512. The van der Waals surface area contributed by atoms with E-state index in [4.69, 9.17) is 14.2 Å². The van der Waals surface area contributed by atoms with Gasteiger partial charge in [-0.05, 0) is 74.9 Å². The molecule has 7 nitrogen and oxygen atoms in total. The van der Waals surface area contributed by atoms with Gasteiger partial charge in [0.05, 0.1) is 25.4 Å². The Morgan fingerprint density at radius 2 is 1.81 bits per heavy atom. The summed E-state index contributed by atoms with van der Waals surface area (Å²) in [4.78, 5) is 27.2. The van der Waals surface area contributed by atoms with Crippen LogP contribution in [0.4, 0.5) is 0 Å². The zero-order chi connectivity index (χ0) is 26.7. The molecule has 2 N–H and O–H groups in total. The van der Waals surface area contributed by atoms with Gasteiger partial charge in [0, 0.05) is 29.3 Å². The molecule has 0 spiro atoms. The summed E-state index contributed by atoms with van der Waals surface area (Å²) in [6, 6.07) is 12.8. The molecule has 3 atom stereocenters. The molecule has 1 aliphatic heterocycles. The van der Waals surface area contributed by atoms with E-state index in [-0.39, 0.29) is 23.6 Å². The number of aromatic hydroxyl groups is 1. The quantitative estimate of drug-likeness (QED) is 0.457. The first-order chi connectivity index (χ1) is 17.8. The van der Waals surface area contributed by atoms with Crippen LogP contribution in [0.2, 0.25) is 0 Å². The molecule has 1 heterocycles. The SMILES string of the molecule is CCOc1cc([C@@H]2C(C(=O)O[C@H](C)CC)=C(C)NC3=C2C(=O)C[C@@H](c2ccc(OC)cc2)C3)ccc1O. The Morgan fingerprint density at radius 3 is 2.46 bits per heavy atom. The summed E-state index contributed by atoms with van der Waals surface area (Å²) in [6.07, 6.45) is 1.38. The van der Waals surface area contributed by atoms with Crippen LogP contribution in [0.5, 0.6) is 17.2 Å². The van der Waals surface area contributed by atoms with Gasteiger partial charge in [0.25, 0.3) is 0 Å². The van der Waals surface area contributed by atoms with Crippen molar-refractivity contribution in [3.63, 3.8) is 0 Å². The predicted molar refractivity (Wildman–Crippen MR) is 141 cm³/mol. The first-order valence-corrected chi connectivity index (χ1v) is 12.8. The molecule has 0 radical (unpaired) electrons. The number of allylic oxidation sites excluding steroid dienone is 3. The fourth-order valence-electron chi connectivity index (χ4n) is 5.07. The lowest BCUT2D eigenvalue weighted by Gasteiger charge is -2.37. The summed E-state index contributed by atoms with van der Waals surface area (Å²) >= 11 is 0. The highest BCUT2D eigenvalue weighted by molar-refractivity contribution is 6.04. The maximum absolute atomic E-state index is 13.8. The number of nitrogens with one attached hydrogen (secondary N) is 1. The third-order valence-corrected chi connectivity index (χ3v) is 7.13. The van der Waals surface area contributed by atoms with Crippen LogP contribution in [0.15, 0.2) is 65.0 Å². The van der Waals surface area contributed by atoms with E-state index in [1.807, 2.05) is 52.0 Å². The summed E-state index contributed by atoms with van der Waals surface area (Å²) < 4.78 is 16.6. The molecule has 196 valence electrons. The van der Waals surface area contributed by atoms with Gasteiger partial charge < -0.3 is 24.6 Å². The number of esters is 1. The van der Waals surface area contributed by atoms with Gasteiger partial charge in [-0.1, -0.05) is 25.1 Å². The zero-order valence-electron chi connectivity index (χ0n) is 22.1. The summed E-state index contributed by atoms with van der Waals surface area (Å²) in [6.45, 7) is 7.85. The van der Waals surface area contributed by atoms with E-state index in [0.717, 1.165) is 17.0 Å². The topological polar surface area (TPSA) is 94.1 Å². The van der Waals surface area contributed by atoms with Crippen molar-refractivity contribution in [1.82, 2.24) is 5.32 Å². The number of carbonyl (C=O) groups excluding carboxylic acids is 2. The van der Waals surface area contributed by atoms with Crippen molar-refractivity contribution in [3.05, 3.63) is 76.1 Å². The number of phenols is 1. The average Bonchev–Trinajstić information content (AvgIpc) is 2.89. The van der Waals surface area contributed by atoms with Crippen molar-refractivity contribution < 1.29 is 28.9 Å². The Kier molecular flexibility index (Phi) is 7.91. The van der Waals surface area contributed by atoms with Crippen LogP contribution in [0.3, 0.4) is 0 Å². The highest BCUT2D eigenvalue weighted by Crippen LogP contribution is 2.47. The molecule has 0 saturated heterocycles. The zero-order valence-corrected chi connectivity index (χ0v) is 22.1. The molecular weight excluding hydrogens is 470 g/mol. The van der Waals surface area contributed by atoms with Gasteiger partial charge in [-0.3, -0.25) is 4.79 Å². The number of carbonyl (C=O) groups is 2. The lowest BCUT2D eigenvalue weighted by molar-refractivity contribution is -0.144. The molecule has 0 saturated carbocycles. The number of Topliss-reactive ketones (excluding diaryl/α,β-unsaturated/α-hetero) is 1. The van der Waals surface area contributed by atoms with Crippen molar-refractivity contribution >= 4 is 11.8 Å². The lowest BCUT2D eigenvalue weighted by atomic mass is 9.71. The van der Waals surface area contributed by atoms with Crippen LogP contribution < -0.4 is 14.8 Å². The number of benzene rings is 2. The molecule has 2 aromatic carbocycles. The summed E-state index contributed by atoms with van der Waals surface area (Å²) in [5.74, 6) is -0.0104. The smallest absolute Gasteiger partial charge is 0.337 e. The average molecular weight is 506 g/mol. The van der Waals surface area contributed by atoms with E-state index in [2.05, 4.69) is 5.32 Å². The molecule has 1 aliphatic carbocycles. The number of phenolic OH excluding ortho intramolecular Hbond substituents is 1. The monoisotopic (exact) mass is 505 g/mol. The van der Waals surface area contributed by atoms with Gasteiger partial charge in [0.15, 0.2) is 17.3 Å². The second-order valence-electron chi connectivity index (χ2n) is 9.57. The summed E-state index contributed by atoms with van der Waals surface area (Å²) in [5, 5.41) is 13.7. The van der Waals surface area contributed by atoms with Crippen molar-refractivity contribution in [3.8, 4) is 17.2 Å². The van der Waals surface area contributed by atoms with E-state index in [1.165, 1.54) is 0 Å². The second-order valence-corrected chi connectivity index (χ2v) is 9.57. The Balaban J connectivity index is 1.79. The standard InChI is InChI=1S/C30H35NO6/c1-6-17(3)37-30(34)27-18(4)31-23-14-21(19-8-11-22(35-5)12-9-19)15-25(33)29(23)28(27)20-10-13-24(32)26(16-20)36-7-2/h8-13,16-17,21,28,31-32H,6-7,14-15H2,1-5H3/t17-,21+,28-/m1/s1. The Hall–Kier alpha value is -3.74. The molecule has 0 amide bonds. The lowest BCUT2D eigenvalue weighted by Crippen LogP contribution is -2.36. The molecule has 4 rings (SSSR count).